The van der Waals surface area contributed by atoms with Crippen molar-refractivity contribution in [3.8, 4) is 5.75 Å². The van der Waals surface area contributed by atoms with Gasteiger partial charge in [-0.1, -0.05) is 12.1 Å². The third kappa shape index (κ3) is 3.75. The van der Waals surface area contributed by atoms with Gasteiger partial charge in [-0.2, -0.15) is 5.10 Å². The molecule has 1 aliphatic heterocycles. The molecule has 0 saturated carbocycles. The van der Waals surface area contributed by atoms with E-state index in [4.69, 9.17) is 4.74 Å². The quantitative estimate of drug-likeness (QED) is 0.619. The lowest BCUT2D eigenvalue weighted by molar-refractivity contribution is 0.0857. The molecule has 1 saturated heterocycles. The zero-order valence-electron chi connectivity index (χ0n) is 17.5. The fraction of sp³-hybridized carbons (Fsp3) is 0.348. The molecule has 0 bridgehead atoms. The second-order valence-electron chi connectivity index (χ2n) is 7.71. The Balaban J connectivity index is 1.39. The first-order valence-corrected chi connectivity index (χ1v) is 10.1. The molecule has 2 amide bonds. The summed E-state index contributed by atoms with van der Waals surface area (Å²) in [5.74, 6) is 0.836. The summed E-state index contributed by atoms with van der Waals surface area (Å²) in [7, 11) is 5.26. The monoisotopic (exact) mass is 406 g/mol. The number of aromatic nitrogens is 2. The number of carbonyl (C=O) groups is 2. The molecule has 2 aromatic carbocycles. The van der Waals surface area contributed by atoms with Gasteiger partial charge in [-0.25, -0.2) is 4.79 Å². The highest BCUT2D eigenvalue weighted by Gasteiger charge is 2.29. The van der Waals surface area contributed by atoms with Gasteiger partial charge in [0.1, 0.15) is 5.75 Å². The van der Waals surface area contributed by atoms with Gasteiger partial charge in [0.2, 0.25) is 0 Å². The molecule has 30 heavy (non-hydrogen) atoms. The third-order valence-corrected chi connectivity index (χ3v) is 5.92. The molecule has 0 spiro atoms. The van der Waals surface area contributed by atoms with Gasteiger partial charge in [0, 0.05) is 49.7 Å². The maximum atomic E-state index is 13.0. The molecule has 0 aliphatic carbocycles. The van der Waals surface area contributed by atoms with Crippen LogP contribution in [-0.2, 0) is 7.05 Å². The molecule has 0 atom stereocenters. The largest absolute Gasteiger partial charge is 0.497 e. The van der Waals surface area contributed by atoms with E-state index in [9.17, 15) is 9.59 Å². The second kappa shape index (κ2) is 8.18. The Morgan fingerprint density at radius 2 is 1.80 bits per heavy atom. The lowest BCUT2D eigenvalue weighted by Gasteiger charge is -2.34. The van der Waals surface area contributed by atoms with Crippen molar-refractivity contribution in [3.05, 3.63) is 54.2 Å². The van der Waals surface area contributed by atoms with Crippen molar-refractivity contribution in [1.82, 2.24) is 14.7 Å². The van der Waals surface area contributed by atoms with Crippen molar-refractivity contribution >= 4 is 28.4 Å². The number of anilines is 1. The highest BCUT2D eigenvalue weighted by molar-refractivity contribution is 6.01. The van der Waals surface area contributed by atoms with Crippen LogP contribution in [0.25, 0.3) is 10.9 Å². The number of benzene rings is 2. The van der Waals surface area contributed by atoms with Crippen LogP contribution in [0.3, 0.4) is 0 Å². The van der Waals surface area contributed by atoms with Crippen LogP contribution in [0.15, 0.2) is 48.7 Å². The summed E-state index contributed by atoms with van der Waals surface area (Å²) in [6.45, 7) is 1.15. The average molecular weight is 406 g/mol. The summed E-state index contributed by atoms with van der Waals surface area (Å²) < 4.78 is 6.95. The Bertz CT molecular complexity index is 1070. The van der Waals surface area contributed by atoms with Crippen molar-refractivity contribution in [2.75, 3.05) is 32.1 Å². The number of ketones is 1. The minimum atomic E-state index is -0.0639. The predicted molar refractivity (Wildman–Crippen MR) is 116 cm³/mol. The van der Waals surface area contributed by atoms with Crippen LogP contribution in [-0.4, -0.2) is 53.7 Å². The molecule has 7 nitrogen and oxygen atoms in total. The van der Waals surface area contributed by atoms with Crippen LogP contribution in [0, 0.1) is 5.92 Å². The number of hydrogen-bond acceptors (Lipinski definition) is 4. The number of amides is 2. The van der Waals surface area contributed by atoms with E-state index in [0.29, 0.717) is 31.5 Å². The molecule has 0 N–H and O–H groups in total. The van der Waals surface area contributed by atoms with Gasteiger partial charge < -0.3 is 9.64 Å². The first kappa shape index (κ1) is 19.9. The van der Waals surface area contributed by atoms with E-state index < -0.39 is 0 Å². The number of nitrogens with zero attached hydrogens (tertiary/aromatic N) is 4. The second-order valence-corrected chi connectivity index (χ2v) is 7.71. The topological polar surface area (TPSA) is 67.7 Å². The summed E-state index contributed by atoms with van der Waals surface area (Å²) in [6, 6.07) is 13.1. The van der Waals surface area contributed by atoms with Gasteiger partial charge in [0.05, 0.1) is 18.8 Å². The number of methoxy groups -OCH3 is 1. The van der Waals surface area contributed by atoms with Crippen LogP contribution in [0.5, 0.6) is 5.75 Å². The number of fused-ring (bicyclic) bond motifs is 1. The molecule has 4 rings (SSSR count). The highest BCUT2D eigenvalue weighted by Crippen LogP contribution is 2.26. The van der Waals surface area contributed by atoms with Gasteiger partial charge in [0.15, 0.2) is 5.78 Å². The van der Waals surface area contributed by atoms with E-state index in [1.54, 1.807) is 29.9 Å². The smallest absolute Gasteiger partial charge is 0.324 e. The van der Waals surface area contributed by atoms with Gasteiger partial charge in [-0.15, -0.1) is 0 Å². The fourth-order valence-corrected chi connectivity index (χ4v) is 3.99. The van der Waals surface area contributed by atoms with E-state index in [1.165, 1.54) is 0 Å². The van der Waals surface area contributed by atoms with Crippen LogP contribution in [0.1, 0.15) is 23.2 Å². The maximum absolute atomic E-state index is 13.0. The predicted octanol–water partition coefficient (Wildman–Crippen LogP) is 3.73. The standard InChI is InChI=1S/C23H26N4O3/c1-25(19-6-8-20(30-3)9-7-19)23(29)27-12-10-16(11-13-27)22(28)17-4-5-18-15-24-26(2)21(18)14-17/h4-9,14-16H,10-13H2,1-3H3. The molecule has 0 unspecified atom stereocenters. The molecule has 3 aromatic rings. The Labute approximate surface area is 175 Å². The summed E-state index contributed by atoms with van der Waals surface area (Å²) in [4.78, 5) is 29.3. The third-order valence-electron chi connectivity index (χ3n) is 5.92. The Kier molecular flexibility index (Phi) is 5.44. The zero-order chi connectivity index (χ0) is 21.3. The number of hydrogen-bond donors (Lipinski definition) is 0. The van der Waals surface area contributed by atoms with Crippen molar-refractivity contribution in [1.29, 1.82) is 0 Å². The van der Waals surface area contributed by atoms with Crippen molar-refractivity contribution in [2.45, 2.75) is 12.8 Å². The molecule has 1 fully saturated rings. The Morgan fingerprint density at radius 1 is 1.10 bits per heavy atom. The molecule has 1 aliphatic rings. The van der Waals surface area contributed by atoms with E-state index in [-0.39, 0.29) is 17.7 Å². The number of ether oxygens (including phenoxy) is 1. The van der Waals surface area contributed by atoms with Crippen LogP contribution in [0.2, 0.25) is 0 Å². The summed E-state index contributed by atoms with van der Waals surface area (Å²) in [5.41, 5.74) is 2.48. The molecule has 156 valence electrons. The van der Waals surface area contributed by atoms with E-state index in [2.05, 4.69) is 5.10 Å². The van der Waals surface area contributed by atoms with Crippen molar-refractivity contribution < 1.29 is 14.3 Å². The molecular formula is C23H26N4O3. The van der Waals surface area contributed by atoms with Crippen LogP contribution < -0.4 is 9.64 Å². The van der Waals surface area contributed by atoms with Gasteiger partial charge in [-0.05, 0) is 43.2 Å². The fourth-order valence-electron chi connectivity index (χ4n) is 3.99. The first-order chi connectivity index (χ1) is 14.5. The average Bonchev–Trinajstić information content (AvgIpc) is 3.18. The summed E-state index contributed by atoms with van der Waals surface area (Å²) in [5, 5.41) is 5.26. The Hall–Kier alpha value is -3.35. The molecule has 7 heteroatoms. The lowest BCUT2D eigenvalue weighted by atomic mass is 9.88. The minimum absolute atomic E-state index is 0.0534. The number of urea groups is 1. The molecule has 1 aromatic heterocycles. The zero-order valence-corrected chi connectivity index (χ0v) is 17.5. The minimum Gasteiger partial charge on any atom is -0.497 e. The number of aryl methyl sites for hydroxylation is 1. The van der Waals surface area contributed by atoms with Crippen molar-refractivity contribution in [2.24, 2.45) is 13.0 Å². The number of Topliss-reactive ketones (excluding diaryl/α,β-unsaturated/α-hetero) is 1. The SMILES string of the molecule is COc1ccc(N(C)C(=O)N2CCC(C(=O)c3ccc4cnn(C)c4c3)CC2)cc1. The first-order valence-electron chi connectivity index (χ1n) is 10.1. The van der Waals surface area contributed by atoms with E-state index in [1.807, 2.05) is 54.4 Å². The number of piperidine rings is 1. The normalized spacial score (nSPS) is 14.7. The van der Waals surface area contributed by atoms with Gasteiger partial charge in [0.25, 0.3) is 0 Å². The van der Waals surface area contributed by atoms with Crippen LogP contribution >= 0.6 is 0 Å². The summed E-state index contributed by atoms with van der Waals surface area (Å²) in [6.07, 6.45) is 3.14. The van der Waals surface area contributed by atoms with Crippen molar-refractivity contribution in [3.63, 3.8) is 0 Å². The summed E-state index contributed by atoms with van der Waals surface area (Å²) >= 11 is 0. The van der Waals surface area contributed by atoms with Gasteiger partial charge >= 0.3 is 6.03 Å². The van der Waals surface area contributed by atoms with Gasteiger partial charge in [-0.3, -0.25) is 14.4 Å². The lowest BCUT2D eigenvalue weighted by Crippen LogP contribution is -2.46. The molecule has 2 heterocycles. The number of rotatable bonds is 4. The van der Waals surface area contributed by atoms with E-state index >= 15 is 0 Å². The van der Waals surface area contributed by atoms with Crippen LogP contribution in [0.4, 0.5) is 10.5 Å². The Morgan fingerprint density at radius 3 is 2.47 bits per heavy atom. The molecule has 0 radical (unpaired) electrons. The highest BCUT2D eigenvalue weighted by atomic mass is 16.5. The number of carbonyl (C=O) groups excluding carboxylic acids is 2. The van der Waals surface area contributed by atoms with E-state index in [0.717, 1.165) is 22.3 Å². The molecular weight excluding hydrogens is 380 g/mol. The number of likely N-dealkylation sites (tertiary alicyclic amines) is 1. The maximum Gasteiger partial charge on any atom is 0.324 e.